The number of piperidine rings is 1. The summed E-state index contributed by atoms with van der Waals surface area (Å²) in [5, 5.41) is 0. The van der Waals surface area contributed by atoms with Gasteiger partial charge in [0.15, 0.2) is 6.29 Å². The number of allylic oxidation sites excluding steroid dienone is 1. The number of nitrogens with zero attached hydrogens (tertiary/aromatic N) is 3. The zero-order valence-corrected chi connectivity index (χ0v) is 16.4. The molecule has 1 heterocycles. The van der Waals surface area contributed by atoms with Crippen LogP contribution in [-0.2, 0) is 9.53 Å². The fourth-order valence-corrected chi connectivity index (χ4v) is 3.11. The van der Waals surface area contributed by atoms with Crippen LogP contribution in [0.1, 0.15) is 49.0 Å². The number of benzene rings is 1. The Hall–Kier alpha value is -2.83. The van der Waals surface area contributed by atoms with Crippen LogP contribution in [0.2, 0.25) is 0 Å². The number of likely N-dealkylation sites (tertiary alicyclic amines) is 1. The molecular weight excluding hydrogens is 361 g/mol. The predicted octanol–water partition coefficient (Wildman–Crippen LogP) is 3.72. The molecule has 2 rings (SSSR count). The summed E-state index contributed by atoms with van der Waals surface area (Å²) in [5.41, 5.74) is 1.41. The summed E-state index contributed by atoms with van der Waals surface area (Å²) in [7, 11) is 0. The maximum absolute atomic E-state index is 13.8. The highest BCUT2D eigenvalue weighted by molar-refractivity contribution is 5.85. The molecule has 0 saturated carbocycles. The van der Waals surface area contributed by atoms with E-state index in [1.54, 1.807) is 19.2 Å². The summed E-state index contributed by atoms with van der Waals surface area (Å²) in [4.78, 5) is 32.8. The number of ether oxygens (including phenoxy) is 1. The highest BCUT2D eigenvalue weighted by Crippen LogP contribution is 2.22. The van der Waals surface area contributed by atoms with Gasteiger partial charge in [0.1, 0.15) is 5.82 Å². The van der Waals surface area contributed by atoms with E-state index in [2.05, 4.69) is 16.7 Å². The van der Waals surface area contributed by atoms with Crippen molar-refractivity contribution in [3.05, 3.63) is 41.3 Å². The van der Waals surface area contributed by atoms with Gasteiger partial charge in [0.2, 0.25) is 5.96 Å². The van der Waals surface area contributed by atoms with E-state index in [0.717, 1.165) is 31.5 Å². The Bertz CT molecular complexity index is 781. The molecule has 28 heavy (non-hydrogen) atoms. The molecule has 0 spiro atoms. The largest absolute Gasteiger partial charge is 0.466 e. The van der Waals surface area contributed by atoms with Crippen LogP contribution >= 0.6 is 0 Å². The van der Waals surface area contributed by atoms with Gasteiger partial charge >= 0.3 is 5.97 Å². The molecule has 0 N–H and O–H groups in total. The van der Waals surface area contributed by atoms with Crippen molar-refractivity contribution in [2.24, 2.45) is 15.9 Å². The molecule has 0 aliphatic carbocycles. The third-order valence-electron chi connectivity index (χ3n) is 4.76. The molecule has 7 heteroatoms. The summed E-state index contributed by atoms with van der Waals surface area (Å²) in [5.74, 6) is 0.0925. The molecule has 0 radical (unpaired) electrons. The summed E-state index contributed by atoms with van der Waals surface area (Å²) in [6.45, 7) is 9.08. The fraction of sp³-hybridized carbons (Fsp3) is 0.429. The average molecular weight is 387 g/mol. The summed E-state index contributed by atoms with van der Waals surface area (Å²) < 4.78 is 18.8. The third-order valence-corrected chi connectivity index (χ3v) is 4.76. The second-order valence-corrected chi connectivity index (χ2v) is 6.69. The molecule has 1 aliphatic rings. The minimum absolute atomic E-state index is 0.0270. The first kappa shape index (κ1) is 21.5. The molecular formula is C21H26FN3O3. The average Bonchev–Trinajstić information content (AvgIpc) is 2.69. The fourth-order valence-electron chi connectivity index (χ4n) is 3.11. The van der Waals surface area contributed by atoms with E-state index in [1.807, 2.05) is 11.8 Å². The van der Waals surface area contributed by atoms with Gasteiger partial charge in [-0.2, -0.15) is 0 Å². The number of halogens is 1. The number of guanidine groups is 1. The van der Waals surface area contributed by atoms with Crippen LogP contribution in [0.3, 0.4) is 0 Å². The number of aliphatic imine (C=N–C) groups is 2. The molecule has 0 amide bonds. The van der Waals surface area contributed by atoms with Gasteiger partial charge < -0.3 is 9.64 Å². The van der Waals surface area contributed by atoms with Crippen LogP contribution in [0.4, 0.5) is 4.39 Å². The number of hydrogen-bond acceptors (Lipinski definition) is 4. The minimum Gasteiger partial charge on any atom is -0.466 e. The Morgan fingerprint density at radius 3 is 2.68 bits per heavy atom. The highest BCUT2D eigenvalue weighted by atomic mass is 19.1. The molecule has 6 nitrogen and oxygen atoms in total. The lowest BCUT2D eigenvalue weighted by molar-refractivity contribution is -0.144. The van der Waals surface area contributed by atoms with Gasteiger partial charge in [-0.25, -0.2) is 14.4 Å². The topological polar surface area (TPSA) is 71.3 Å². The summed E-state index contributed by atoms with van der Waals surface area (Å²) >= 11 is 0. The van der Waals surface area contributed by atoms with Gasteiger partial charge in [-0.1, -0.05) is 6.07 Å². The first-order valence-corrected chi connectivity index (χ1v) is 9.35. The summed E-state index contributed by atoms with van der Waals surface area (Å²) in [6.07, 6.45) is 4.26. The second kappa shape index (κ2) is 10.5. The van der Waals surface area contributed by atoms with E-state index in [-0.39, 0.29) is 11.5 Å². The number of carbonyl (C=O) groups excluding carboxylic acids is 2. The normalized spacial score (nSPS) is 16.0. The van der Waals surface area contributed by atoms with Gasteiger partial charge in [-0.15, -0.1) is 0 Å². The number of rotatable bonds is 6. The molecule has 1 aromatic rings. The number of carbonyl (C=O) groups is 2. The standard InChI is InChI=1S/C21H26FN3O3/c1-4-28-20(27)11-16-7-9-25(10-8-16)21(23-3)24-13-15(2)17-5-6-18(14-26)19(22)12-17/h5-6,12-14,16H,3-4,7-11H2,1-2H3. The van der Waals surface area contributed by atoms with Crippen LogP contribution in [0.15, 0.2) is 34.4 Å². The van der Waals surface area contributed by atoms with Gasteiger partial charge in [0.25, 0.3) is 0 Å². The van der Waals surface area contributed by atoms with E-state index in [4.69, 9.17) is 4.74 Å². The second-order valence-electron chi connectivity index (χ2n) is 6.69. The van der Waals surface area contributed by atoms with Gasteiger partial charge in [-0.05, 0) is 62.6 Å². The first-order valence-electron chi connectivity index (χ1n) is 9.35. The van der Waals surface area contributed by atoms with Gasteiger partial charge in [-0.3, -0.25) is 9.59 Å². The van der Waals surface area contributed by atoms with Gasteiger partial charge in [0.05, 0.1) is 12.2 Å². The van der Waals surface area contributed by atoms with Crippen molar-refractivity contribution < 1.29 is 18.7 Å². The van der Waals surface area contributed by atoms with E-state index < -0.39 is 5.82 Å². The van der Waals surface area contributed by atoms with Crippen molar-refractivity contribution in [1.29, 1.82) is 0 Å². The Balaban J connectivity index is 2.01. The molecule has 1 aromatic carbocycles. The van der Waals surface area contributed by atoms with Crippen LogP contribution in [-0.4, -0.2) is 49.5 Å². The summed E-state index contributed by atoms with van der Waals surface area (Å²) in [6, 6.07) is 4.43. The third kappa shape index (κ3) is 5.84. The highest BCUT2D eigenvalue weighted by Gasteiger charge is 2.23. The smallest absolute Gasteiger partial charge is 0.306 e. The Morgan fingerprint density at radius 2 is 2.11 bits per heavy atom. The molecule has 0 aromatic heterocycles. The zero-order chi connectivity index (χ0) is 20.5. The van der Waals surface area contributed by atoms with Crippen molar-refractivity contribution in [1.82, 2.24) is 4.90 Å². The lowest BCUT2D eigenvalue weighted by atomic mass is 9.94. The van der Waals surface area contributed by atoms with Crippen molar-refractivity contribution in [3.8, 4) is 0 Å². The predicted molar refractivity (Wildman–Crippen MR) is 108 cm³/mol. The number of aldehydes is 1. The maximum Gasteiger partial charge on any atom is 0.306 e. The van der Waals surface area contributed by atoms with Crippen LogP contribution in [0.5, 0.6) is 0 Å². The molecule has 1 saturated heterocycles. The van der Waals surface area contributed by atoms with E-state index in [0.29, 0.717) is 36.8 Å². The Labute approximate surface area is 164 Å². The van der Waals surface area contributed by atoms with E-state index in [9.17, 15) is 14.0 Å². The van der Waals surface area contributed by atoms with Gasteiger partial charge in [0, 0.05) is 25.7 Å². The van der Waals surface area contributed by atoms with Crippen molar-refractivity contribution >= 4 is 30.5 Å². The Morgan fingerprint density at radius 1 is 1.39 bits per heavy atom. The quantitative estimate of drug-likeness (QED) is 0.323. The van der Waals surface area contributed by atoms with E-state index in [1.165, 1.54) is 12.1 Å². The minimum atomic E-state index is -0.560. The van der Waals surface area contributed by atoms with Crippen molar-refractivity contribution in [2.75, 3.05) is 19.7 Å². The SMILES string of the molecule is C=NC(=NC=C(C)c1ccc(C=O)c(F)c1)N1CCC(CC(=O)OCC)CC1. The molecule has 0 unspecified atom stereocenters. The van der Waals surface area contributed by atoms with Crippen molar-refractivity contribution in [2.45, 2.75) is 33.1 Å². The lowest BCUT2D eigenvalue weighted by Crippen LogP contribution is -2.38. The molecule has 0 bridgehead atoms. The molecule has 150 valence electrons. The van der Waals surface area contributed by atoms with E-state index >= 15 is 0 Å². The number of esters is 1. The first-order chi connectivity index (χ1) is 13.5. The molecule has 1 fully saturated rings. The van der Waals surface area contributed by atoms with Crippen molar-refractivity contribution in [3.63, 3.8) is 0 Å². The molecule has 1 aliphatic heterocycles. The lowest BCUT2D eigenvalue weighted by Gasteiger charge is -2.32. The van der Waals surface area contributed by atoms with Crippen LogP contribution < -0.4 is 0 Å². The monoisotopic (exact) mass is 387 g/mol. The number of hydrogen-bond donors (Lipinski definition) is 0. The Kier molecular flexibility index (Phi) is 8.04. The van der Waals surface area contributed by atoms with Crippen LogP contribution in [0.25, 0.3) is 5.57 Å². The zero-order valence-electron chi connectivity index (χ0n) is 16.4. The van der Waals surface area contributed by atoms with Crippen LogP contribution in [0, 0.1) is 11.7 Å². The maximum atomic E-state index is 13.8. The molecule has 0 atom stereocenters.